The largest absolute Gasteiger partial charge is 0.389 e. The Balaban J connectivity index is 2.03. The van der Waals surface area contributed by atoms with Crippen molar-refractivity contribution in [1.29, 1.82) is 0 Å². The lowest BCUT2D eigenvalue weighted by Gasteiger charge is -2.15. The summed E-state index contributed by atoms with van der Waals surface area (Å²) >= 11 is 5.14. The molecule has 0 aromatic carbocycles. The van der Waals surface area contributed by atoms with Crippen molar-refractivity contribution >= 4 is 23.0 Å². The number of nitrogens with zero attached hydrogens (tertiary/aromatic N) is 1. The van der Waals surface area contributed by atoms with Crippen LogP contribution in [0.5, 0.6) is 0 Å². The van der Waals surface area contributed by atoms with Gasteiger partial charge in [0.05, 0.1) is 5.56 Å². The Morgan fingerprint density at radius 3 is 2.74 bits per heavy atom. The second kappa shape index (κ2) is 6.33. The van der Waals surface area contributed by atoms with Gasteiger partial charge in [-0.1, -0.05) is 37.9 Å². The summed E-state index contributed by atoms with van der Waals surface area (Å²) in [5.74, 6) is 1.73. The Kier molecular flexibility index (Phi) is 4.75. The van der Waals surface area contributed by atoms with Gasteiger partial charge in [-0.3, -0.25) is 0 Å². The van der Waals surface area contributed by atoms with Crippen LogP contribution in [0.4, 0.5) is 5.82 Å². The van der Waals surface area contributed by atoms with Gasteiger partial charge >= 0.3 is 0 Å². The van der Waals surface area contributed by atoms with Crippen LogP contribution in [0.25, 0.3) is 0 Å². The van der Waals surface area contributed by atoms with Crippen LogP contribution in [0.3, 0.4) is 0 Å². The Hall–Kier alpha value is -1.16. The van der Waals surface area contributed by atoms with Gasteiger partial charge in [0.2, 0.25) is 0 Å². The van der Waals surface area contributed by atoms with Crippen molar-refractivity contribution in [3.8, 4) is 0 Å². The first kappa shape index (κ1) is 14.3. The van der Waals surface area contributed by atoms with Gasteiger partial charge < -0.3 is 11.1 Å². The van der Waals surface area contributed by atoms with Gasteiger partial charge in [0.25, 0.3) is 0 Å². The molecule has 0 amide bonds. The fourth-order valence-corrected chi connectivity index (χ4v) is 3.23. The second-order valence-electron chi connectivity index (χ2n) is 5.53. The minimum absolute atomic E-state index is 0.424. The van der Waals surface area contributed by atoms with Crippen molar-refractivity contribution < 1.29 is 0 Å². The molecule has 1 fully saturated rings. The van der Waals surface area contributed by atoms with E-state index in [4.69, 9.17) is 18.0 Å². The van der Waals surface area contributed by atoms with E-state index in [0.29, 0.717) is 4.99 Å². The summed E-state index contributed by atoms with van der Waals surface area (Å²) < 4.78 is 0. The van der Waals surface area contributed by atoms with Crippen LogP contribution in [0.2, 0.25) is 0 Å². The van der Waals surface area contributed by atoms with Crippen LogP contribution < -0.4 is 11.1 Å². The van der Waals surface area contributed by atoms with E-state index in [0.717, 1.165) is 35.1 Å². The maximum Gasteiger partial charge on any atom is 0.136 e. The number of anilines is 1. The minimum atomic E-state index is 0.424. The standard InChI is InChI=1S/C15H23N3S/c1-10-9-11(2)18-15(13(10)14(16)19)17-8-7-12-5-3-4-6-12/h9,12H,3-8H2,1-2H3,(H2,16,19)(H,17,18). The molecule has 2 rings (SSSR count). The molecule has 0 aliphatic heterocycles. The minimum Gasteiger partial charge on any atom is -0.389 e. The quantitative estimate of drug-likeness (QED) is 0.811. The zero-order valence-electron chi connectivity index (χ0n) is 11.8. The highest BCUT2D eigenvalue weighted by Gasteiger charge is 2.15. The van der Waals surface area contributed by atoms with Crippen LogP contribution in [0.15, 0.2) is 6.07 Å². The molecule has 1 aliphatic carbocycles. The van der Waals surface area contributed by atoms with Crippen LogP contribution in [-0.2, 0) is 0 Å². The molecule has 1 heterocycles. The van der Waals surface area contributed by atoms with E-state index < -0.39 is 0 Å². The van der Waals surface area contributed by atoms with E-state index in [-0.39, 0.29) is 0 Å². The molecule has 3 nitrogen and oxygen atoms in total. The topological polar surface area (TPSA) is 50.9 Å². The normalized spacial score (nSPS) is 15.7. The predicted molar refractivity (Wildman–Crippen MR) is 84.7 cm³/mol. The third-order valence-corrected chi connectivity index (χ3v) is 4.11. The molecular weight excluding hydrogens is 254 g/mol. The van der Waals surface area contributed by atoms with E-state index in [1.807, 2.05) is 19.9 Å². The lowest BCUT2D eigenvalue weighted by Crippen LogP contribution is -2.18. The third-order valence-electron chi connectivity index (χ3n) is 3.91. The first-order valence-electron chi connectivity index (χ1n) is 7.10. The summed E-state index contributed by atoms with van der Waals surface area (Å²) in [6.07, 6.45) is 6.76. The zero-order valence-corrected chi connectivity index (χ0v) is 12.6. The highest BCUT2D eigenvalue weighted by Crippen LogP contribution is 2.27. The molecule has 1 aromatic rings. The van der Waals surface area contributed by atoms with Gasteiger partial charge in [0.15, 0.2) is 0 Å². The smallest absolute Gasteiger partial charge is 0.136 e. The maximum atomic E-state index is 5.81. The Labute approximate surface area is 121 Å². The summed E-state index contributed by atoms with van der Waals surface area (Å²) in [4.78, 5) is 4.97. The van der Waals surface area contributed by atoms with Gasteiger partial charge in [-0.25, -0.2) is 4.98 Å². The van der Waals surface area contributed by atoms with Crippen molar-refractivity contribution in [2.45, 2.75) is 46.0 Å². The van der Waals surface area contributed by atoms with Crippen LogP contribution in [-0.4, -0.2) is 16.5 Å². The summed E-state index contributed by atoms with van der Waals surface area (Å²) in [7, 11) is 0. The third kappa shape index (κ3) is 3.66. The first-order chi connectivity index (χ1) is 9.08. The van der Waals surface area contributed by atoms with Crippen molar-refractivity contribution in [3.05, 3.63) is 22.9 Å². The number of hydrogen-bond acceptors (Lipinski definition) is 3. The zero-order chi connectivity index (χ0) is 13.8. The number of thiocarbonyl (C=S) groups is 1. The number of hydrogen-bond donors (Lipinski definition) is 2. The van der Waals surface area contributed by atoms with Gasteiger partial charge in [0.1, 0.15) is 10.8 Å². The van der Waals surface area contributed by atoms with E-state index in [1.54, 1.807) is 0 Å². The van der Waals surface area contributed by atoms with Gasteiger partial charge in [-0.15, -0.1) is 0 Å². The summed E-state index contributed by atoms with van der Waals surface area (Å²) in [5, 5.41) is 3.42. The molecule has 0 radical (unpaired) electrons. The predicted octanol–water partition coefficient (Wildman–Crippen LogP) is 3.32. The lowest BCUT2D eigenvalue weighted by molar-refractivity contribution is 0.518. The Bertz CT molecular complexity index is 465. The van der Waals surface area contributed by atoms with Crippen molar-refractivity contribution in [3.63, 3.8) is 0 Å². The molecule has 3 N–H and O–H groups in total. The molecule has 1 saturated carbocycles. The molecule has 0 bridgehead atoms. The number of pyridine rings is 1. The number of aryl methyl sites for hydroxylation is 2. The van der Waals surface area contributed by atoms with Gasteiger partial charge in [0, 0.05) is 12.2 Å². The number of nitrogens with two attached hydrogens (primary N) is 1. The summed E-state index contributed by atoms with van der Waals surface area (Å²) in [6, 6.07) is 2.02. The van der Waals surface area contributed by atoms with Crippen molar-refractivity contribution in [2.75, 3.05) is 11.9 Å². The Morgan fingerprint density at radius 1 is 1.42 bits per heavy atom. The lowest BCUT2D eigenvalue weighted by atomic mass is 10.0. The fourth-order valence-electron chi connectivity index (χ4n) is 2.97. The summed E-state index contributed by atoms with van der Waals surface area (Å²) in [6.45, 7) is 4.99. The van der Waals surface area contributed by atoms with Gasteiger partial charge in [-0.2, -0.15) is 0 Å². The van der Waals surface area contributed by atoms with Crippen molar-refractivity contribution in [1.82, 2.24) is 4.98 Å². The van der Waals surface area contributed by atoms with Crippen LogP contribution in [0.1, 0.15) is 48.9 Å². The molecule has 19 heavy (non-hydrogen) atoms. The molecule has 0 atom stereocenters. The molecule has 1 aromatic heterocycles. The highest BCUT2D eigenvalue weighted by atomic mass is 32.1. The van der Waals surface area contributed by atoms with Crippen LogP contribution in [0, 0.1) is 19.8 Å². The highest BCUT2D eigenvalue weighted by molar-refractivity contribution is 7.80. The Morgan fingerprint density at radius 2 is 2.11 bits per heavy atom. The monoisotopic (exact) mass is 277 g/mol. The van der Waals surface area contributed by atoms with Crippen molar-refractivity contribution in [2.24, 2.45) is 11.7 Å². The fraction of sp³-hybridized carbons (Fsp3) is 0.600. The van der Waals surface area contributed by atoms with E-state index in [2.05, 4.69) is 10.3 Å². The molecule has 1 aliphatic rings. The number of aromatic nitrogens is 1. The first-order valence-corrected chi connectivity index (χ1v) is 7.50. The van der Waals surface area contributed by atoms with E-state index in [1.165, 1.54) is 32.1 Å². The molecule has 0 saturated heterocycles. The second-order valence-corrected chi connectivity index (χ2v) is 5.97. The van der Waals surface area contributed by atoms with Gasteiger partial charge in [-0.05, 0) is 37.8 Å². The van der Waals surface area contributed by atoms with E-state index in [9.17, 15) is 0 Å². The van der Waals surface area contributed by atoms with E-state index >= 15 is 0 Å². The molecule has 104 valence electrons. The summed E-state index contributed by atoms with van der Waals surface area (Å²) in [5.41, 5.74) is 8.81. The molecule has 4 heteroatoms. The number of nitrogens with one attached hydrogen (secondary N) is 1. The molecule has 0 spiro atoms. The average molecular weight is 277 g/mol. The maximum absolute atomic E-state index is 5.81. The molecule has 0 unspecified atom stereocenters. The van der Waals surface area contributed by atoms with Crippen LogP contribution >= 0.6 is 12.2 Å². The average Bonchev–Trinajstić information content (AvgIpc) is 2.80. The number of rotatable bonds is 5. The molecular formula is C15H23N3S. The SMILES string of the molecule is Cc1cc(C)c(C(N)=S)c(NCCC2CCCC2)n1.